The van der Waals surface area contributed by atoms with Crippen molar-refractivity contribution in [3.8, 4) is 0 Å². The summed E-state index contributed by atoms with van der Waals surface area (Å²) in [5, 5.41) is 9.42. The van der Waals surface area contributed by atoms with Gasteiger partial charge in [0, 0.05) is 12.2 Å². The summed E-state index contributed by atoms with van der Waals surface area (Å²) < 4.78 is 52.1. The zero-order chi connectivity index (χ0) is 14.6. The number of aliphatic hydroxyl groups excluding tert-OH is 1. The minimum absolute atomic E-state index is 0.201. The highest BCUT2D eigenvalue weighted by Crippen LogP contribution is 2.20. The SMILES string of the molecule is CCCC(O)CNS(=O)(=O)c1cc(N)cc(F)c1F. The van der Waals surface area contributed by atoms with Crippen molar-refractivity contribution >= 4 is 15.7 Å². The van der Waals surface area contributed by atoms with Crippen LogP contribution in [0, 0.1) is 11.6 Å². The van der Waals surface area contributed by atoms with Gasteiger partial charge >= 0.3 is 0 Å². The third-order valence-electron chi connectivity index (χ3n) is 2.44. The van der Waals surface area contributed by atoms with Gasteiger partial charge in [-0.2, -0.15) is 0 Å². The average Bonchev–Trinajstić information content (AvgIpc) is 2.31. The number of rotatable bonds is 6. The summed E-state index contributed by atoms with van der Waals surface area (Å²) >= 11 is 0. The summed E-state index contributed by atoms with van der Waals surface area (Å²) in [4.78, 5) is -0.867. The first-order chi connectivity index (χ1) is 8.77. The van der Waals surface area contributed by atoms with Crippen LogP contribution in [0.3, 0.4) is 0 Å². The van der Waals surface area contributed by atoms with E-state index in [0.29, 0.717) is 18.9 Å². The van der Waals surface area contributed by atoms with E-state index in [-0.39, 0.29) is 12.2 Å². The fourth-order valence-electron chi connectivity index (χ4n) is 1.50. The van der Waals surface area contributed by atoms with Gasteiger partial charge < -0.3 is 10.8 Å². The number of nitrogens with two attached hydrogens (primary N) is 1. The van der Waals surface area contributed by atoms with Crippen LogP contribution in [0.1, 0.15) is 19.8 Å². The molecule has 0 aliphatic carbocycles. The number of aliphatic hydroxyl groups is 1. The molecule has 5 nitrogen and oxygen atoms in total. The minimum Gasteiger partial charge on any atom is -0.399 e. The molecule has 4 N–H and O–H groups in total. The molecule has 0 saturated heterocycles. The quantitative estimate of drug-likeness (QED) is 0.682. The summed E-state index contributed by atoms with van der Waals surface area (Å²) in [6.07, 6.45) is 0.189. The molecular formula is C11H16F2N2O3S. The molecule has 0 radical (unpaired) electrons. The molecule has 1 atom stereocenters. The molecule has 1 unspecified atom stereocenters. The molecule has 1 aromatic rings. The van der Waals surface area contributed by atoms with E-state index in [1.54, 1.807) is 0 Å². The van der Waals surface area contributed by atoms with E-state index in [4.69, 9.17) is 5.73 Å². The van der Waals surface area contributed by atoms with Crippen molar-refractivity contribution < 1.29 is 22.3 Å². The number of hydrogen-bond acceptors (Lipinski definition) is 4. The molecule has 0 heterocycles. The second-order valence-corrected chi connectivity index (χ2v) is 5.84. The zero-order valence-electron chi connectivity index (χ0n) is 10.4. The van der Waals surface area contributed by atoms with Crippen LogP contribution in [0.15, 0.2) is 17.0 Å². The predicted molar refractivity (Wildman–Crippen MR) is 66.9 cm³/mol. The van der Waals surface area contributed by atoms with Crippen LogP contribution in [0.2, 0.25) is 0 Å². The van der Waals surface area contributed by atoms with Crippen molar-refractivity contribution in [1.82, 2.24) is 4.72 Å². The van der Waals surface area contributed by atoms with Crippen molar-refractivity contribution in [2.24, 2.45) is 0 Å². The predicted octanol–water partition coefficient (Wildman–Crippen LogP) is 0.986. The standard InChI is InChI=1S/C11H16F2N2O3S/c1-2-3-8(16)6-15-19(17,18)10-5-7(14)4-9(12)11(10)13/h4-5,8,15-16H,2-3,6,14H2,1H3. The fraction of sp³-hybridized carbons (Fsp3) is 0.455. The Labute approximate surface area is 110 Å². The summed E-state index contributed by atoms with van der Waals surface area (Å²) in [5.74, 6) is -2.83. The summed E-state index contributed by atoms with van der Waals surface area (Å²) in [6, 6.07) is 1.52. The molecule has 0 bridgehead atoms. The highest BCUT2D eigenvalue weighted by atomic mass is 32.2. The Kier molecular flexibility index (Phi) is 5.21. The lowest BCUT2D eigenvalue weighted by molar-refractivity contribution is 0.167. The maximum absolute atomic E-state index is 13.4. The lowest BCUT2D eigenvalue weighted by Crippen LogP contribution is -2.32. The first kappa shape index (κ1) is 15.8. The largest absolute Gasteiger partial charge is 0.399 e. The highest BCUT2D eigenvalue weighted by Gasteiger charge is 2.23. The second kappa shape index (κ2) is 6.27. The van der Waals surface area contributed by atoms with Crippen LogP contribution >= 0.6 is 0 Å². The van der Waals surface area contributed by atoms with E-state index in [1.165, 1.54) is 0 Å². The van der Waals surface area contributed by atoms with Crippen molar-refractivity contribution in [2.45, 2.75) is 30.8 Å². The van der Waals surface area contributed by atoms with Gasteiger partial charge in [0.2, 0.25) is 10.0 Å². The van der Waals surface area contributed by atoms with Gasteiger partial charge in [0.25, 0.3) is 0 Å². The average molecular weight is 294 g/mol. The Hall–Kier alpha value is -1.25. The Morgan fingerprint density at radius 3 is 2.63 bits per heavy atom. The van der Waals surface area contributed by atoms with Crippen LogP contribution in [0.25, 0.3) is 0 Å². The minimum atomic E-state index is -4.25. The number of anilines is 1. The van der Waals surface area contributed by atoms with E-state index in [2.05, 4.69) is 0 Å². The molecule has 1 aromatic carbocycles. The molecule has 0 aromatic heterocycles. The van der Waals surface area contributed by atoms with Crippen molar-refractivity contribution in [3.63, 3.8) is 0 Å². The highest BCUT2D eigenvalue weighted by molar-refractivity contribution is 7.89. The number of benzene rings is 1. The van der Waals surface area contributed by atoms with Crippen LogP contribution in [0.4, 0.5) is 14.5 Å². The molecule has 8 heteroatoms. The van der Waals surface area contributed by atoms with E-state index < -0.39 is 32.7 Å². The maximum Gasteiger partial charge on any atom is 0.243 e. The monoisotopic (exact) mass is 294 g/mol. The Balaban J connectivity index is 2.95. The Bertz CT molecular complexity index is 549. The van der Waals surface area contributed by atoms with Crippen LogP contribution in [-0.2, 0) is 10.0 Å². The number of sulfonamides is 1. The van der Waals surface area contributed by atoms with Gasteiger partial charge in [0.1, 0.15) is 4.90 Å². The molecule has 0 aliphatic heterocycles. The number of halogens is 2. The molecule has 0 amide bonds. The first-order valence-corrected chi connectivity index (χ1v) is 7.18. The lowest BCUT2D eigenvalue weighted by Gasteiger charge is -2.12. The van der Waals surface area contributed by atoms with Gasteiger partial charge in [0.05, 0.1) is 6.10 Å². The Morgan fingerprint density at radius 2 is 2.05 bits per heavy atom. The third-order valence-corrected chi connectivity index (χ3v) is 3.86. The molecule has 1 rings (SSSR count). The molecule has 108 valence electrons. The smallest absolute Gasteiger partial charge is 0.243 e. The molecule has 0 spiro atoms. The number of hydrogen-bond donors (Lipinski definition) is 3. The zero-order valence-corrected chi connectivity index (χ0v) is 11.2. The summed E-state index contributed by atoms with van der Waals surface area (Å²) in [7, 11) is -4.25. The van der Waals surface area contributed by atoms with E-state index in [1.807, 2.05) is 11.6 Å². The first-order valence-electron chi connectivity index (χ1n) is 5.70. The van der Waals surface area contributed by atoms with E-state index in [0.717, 1.165) is 6.07 Å². The Morgan fingerprint density at radius 1 is 1.42 bits per heavy atom. The third kappa shape index (κ3) is 4.12. The summed E-state index contributed by atoms with van der Waals surface area (Å²) in [5.41, 5.74) is 5.08. The van der Waals surface area contributed by atoms with Crippen molar-refractivity contribution in [1.29, 1.82) is 0 Å². The molecular weight excluding hydrogens is 278 g/mol. The van der Waals surface area contributed by atoms with Crippen LogP contribution in [-0.4, -0.2) is 26.2 Å². The van der Waals surface area contributed by atoms with Gasteiger partial charge in [-0.15, -0.1) is 0 Å². The maximum atomic E-state index is 13.4. The van der Waals surface area contributed by atoms with E-state index in [9.17, 15) is 22.3 Å². The topological polar surface area (TPSA) is 92.4 Å². The fourth-order valence-corrected chi connectivity index (χ4v) is 2.69. The number of nitrogen functional groups attached to an aromatic ring is 1. The molecule has 19 heavy (non-hydrogen) atoms. The van der Waals surface area contributed by atoms with Gasteiger partial charge in [-0.3, -0.25) is 0 Å². The van der Waals surface area contributed by atoms with Crippen molar-refractivity contribution in [3.05, 3.63) is 23.8 Å². The van der Waals surface area contributed by atoms with Gasteiger partial charge in [-0.05, 0) is 18.6 Å². The van der Waals surface area contributed by atoms with Crippen LogP contribution in [0.5, 0.6) is 0 Å². The normalized spacial score (nSPS) is 13.5. The molecule has 0 saturated carbocycles. The van der Waals surface area contributed by atoms with Gasteiger partial charge in [0.15, 0.2) is 11.6 Å². The van der Waals surface area contributed by atoms with Crippen molar-refractivity contribution in [2.75, 3.05) is 12.3 Å². The van der Waals surface area contributed by atoms with Gasteiger partial charge in [-0.1, -0.05) is 13.3 Å². The number of nitrogens with one attached hydrogen (secondary N) is 1. The molecule has 0 fully saturated rings. The summed E-state index contributed by atoms with van der Waals surface area (Å²) in [6.45, 7) is 1.55. The molecule has 0 aliphatic rings. The van der Waals surface area contributed by atoms with Crippen LogP contribution < -0.4 is 10.5 Å². The van der Waals surface area contributed by atoms with E-state index >= 15 is 0 Å². The lowest BCUT2D eigenvalue weighted by atomic mass is 10.2. The second-order valence-electron chi connectivity index (χ2n) is 4.11. The van der Waals surface area contributed by atoms with Gasteiger partial charge in [-0.25, -0.2) is 21.9 Å².